The van der Waals surface area contributed by atoms with E-state index in [0.29, 0.717) is 12.2 Å². The minimum atomic E-state index is -3.60. The lowest BCUT2D eigenvalue weighted by molar-refractivity contribution is 0.0834. The van der Waals surface area contributed by atoms with Gasteiger partial charge in [0.15, 0.2) is 0 Å². The zero-order valence-electron chi connectivity index (χ0n) is 10.7. The maximum Gasteiger partial charge on any atom is 0.240 e. The molecule has 1 aromatic carbocycles. The van der Waals surface area contributed by atoms with E-state index in [1.807, 2.05) is 13.8 Å². The van der Waals surface area contributed by atoms with Crippen LogP contribution in [0, 0.1) is 12.7 Å². The molecule has 1 rings (SSSR count). The van der Waals surface area contributed by atoms with E-state index in [9.17, 15) is 12.8 Å². The predicted octanol–water partition coefficient (Wildman–Crippen LogP) is 1.84. The van der Waals surface area contributed by atoms with Crippen molar-refractivity contribution in [2.75, 3.05) is 13.2 Å². The molecule has 0 saturated heterocycles. The molecule has 0 heterocycles. The molecule has 0 aromatic heterocycles. The SMILES string of the molecule is Cc1cc(F)ccc1S(=O)(=O)NCCOC(C)C. The molecule has 0 unspecified atom stereocenters. The number of rotatable bonds is 6. The Morgan fingerprint density at radius 2 is 2.06 bits per heavy atom. The van der Waals surface area contributed by atoms with Crippen molar-refractivity contribution in [2.24, 2.45) is 0 Å². The molecule has 1 aromatic rings. The smallest absolute Gasteiger partial charge is 0.240 e. The Labute approximate surface area is 107 Å². The van der Waals surface area contributed by atoms with E-state index < -0.39 is 15.8 Å². The second kappa shape index (κ2) is 6.26. The Morgan fingerprint density at radius 1 is 1.39 bits per heavy atom. The minimum Gasteiger partial charge on any atom is -0.377 e. The highest BCUT2D eigenvalue weighted by atomic mass is 32.2. The Balaban J connectivity index is 2.69. The number of ether oxygens (including phenoxy) is 1. The third-order valence-corrected chi connectivity index (χ3v) is 3.89. The van der Waals surface area contributed by atoms with Gasteiger partial charge in [-0.05, 0) is 44.5 Å². The monoisotopic (exact) mass is 275 g/mol. The molecule has 0 fully saturated rings. The van der Waals surface area contributed by atoms with E-state index in [2.05, 4.69) is 4.72 Å². The van der Waals surface area contributed by atoms with Crippen molar-refractivity contribution >= 4 is 10.0 Å². The summed E-state index contributed by atoms with van der Waals surface area (Å²) in [7, 11) is -3.60. The quantitative estimate of drug-likeness (QED) is 0.806. The standard InChI is InChI=1S/C12H18FNO3S/c1-9(2)17-7-6-14-18(15,16)12-5-4-11(13)8-10(12)3/h4-5,8-9,14H,6-7H2,1-3H3. The van der Waals surface area contributed by atoms with E-state index >= 15 is 0 Å². The fourth-order valence-corrected chi connectivity index (χ4v) is 2.70. The first-order chi connectivity index (χ1) is 8.33. The molecular formula is C12H18FNO3S. The van der Waals surface area contributed by atoms with Crippen LogP contribution in [-0.2, 0) is 14.8 Å². The van der Waals surface area contributed by atoms with Gasteiger partial charge in [0.25, 0.3) is 0 Å². The summed E-state index contributed by atoms with van der Waals surface area (Å²) < 4.78 is 44.4. The van der Waals surface area contributed by atoms with Gasteiger partial charge in [-0.2, -0.15) is 0 Å². The molecule has 0 saturated carbocycles. The normalized spacial score (nSPS) is 12.1. The molecule has 6 heteroatoms. The average molecular weight is 275 g/mol. The molecule has 0 spiro atoms. The fourth-order valence-electron chi connectivity index (χ4n) is 1.46. The van der Waals surface area contributed by atoms with Crippen LogP contribution >= 0.6 is 0 Å². The molecule has 0 aliphatic rings. The second-order valence-electron chi connectivity index (χ2n) is 4.23. The zero-order chi connectivity index (χ0) is 13.8. The molecular weight excluding hydrogens is 257 g/mol. The minimum absolute atomic E-state index is 0.0575. The van der Waals surface area contributed by atoms with Crippen LogP contribution in [-0.4, -0.2) is 27.7 Å². The van der Waals surface area contributed by atoms with E-state index in [4.69, 9.17) is 4.74 Å². The van der Waals surface area contributed by atoms with Crippen LogP contribution in [0.15, 0.2) is 23.1 Å². The van der Waals surface area contributed by atoms with Crippen molar-refractivity contribution in [1.29, 1.82) is 0 Å². The predicted molar refractivity (Wildman–Crippen MR) is 67.4 cm³/mol. The van der Waals surface area contributed by atoms with Crippen molar-refractivity contribution in [2.45, 2.75) is 31.8 Å². The number of benzene rings is 1. The van der Waals surface area contributed by atoms with Gasteiger partial charge in [-0.15, -0.1) is 0 Å². The molecule has 1 N–H and O–H groups in total. The van der Waals surface area contributed by atoms with Gasteiger partial charge in [0.2, 0.25) is 10.0 Å². The number of nitrogens with one attached hydrogen (secondary N) is 1. The topological polar surface area (TPSA) is 55.4 Å². The van der Waals surface area contributed by atoms with Crippen molar-refractivity contribution in [1.82, 2.24) is 4.72 Å². The number of aryl methyl sites for hydroxylation is 1. The Bertz CT molecular complexity index is 500. The largest absolute Gasteiger partial charge is 0.377 e. The summed E-state index contributed by atoms with van der Waals surface area (Å²) in [6.45, 7) is 5.80. The first-order valence-corrected chi connectivity index (χ1v) is 7.18. The van der Waals surface area contributed by atoms with Gasteiger partial charge in [-0.25, -0.2) is 17.5 Å². The van der Waals surface area contributed by atoms with Crippen LogP contribution in [0.3, 0.4) is 0 Å². The summed E-state index contributed by atoms with van der Waals surface area (Å²) in [5.74, 6) is -0.449. The summed E-state index contributed by atoms with van der Waals surface area (Å²) in [6.07, 6.45) is 0.0575. The molecule has 0 atom stereocenters. The molecule has 18 heavy (non-hydrogen) atoms. The Hall–Kier alpha value is -0.980. The molecule has 102 valence electrons. The molecule has 4 nitrogen and oxygen atoms in total. The highest BCUT2D eigenvalue weighted by molar-refractivity contribution is 7.89. The number of hydrogen-bond donors (Lipinski definition) is 1. The van der Waals surface area contributed by atoms with Crippen LogP contribution in [0.25, 0.3) is 0 Å². The Kier molecular flexibility index (Phi) is 5.25. The van der Waals surface area contributed by atoms with Crippen molar-refractivity contribution in [3.63, 3.8) is 0 Å². The first kappa shape index (κ1) is 15.1. The summed E-state index contributed by atoms with van der Waals surface area (Å²) in [4.78, 5) is 0.0912. The second-order valence-corrected chi connectivity index (χ2v) is 5.96. The van der Waals surface area contributed by atoms with Gasteiger partial charge in [0.1, 0.15) is 5.82 Å². The van der Waals surface area contributed by atoms with E-state index in [0.717, 1.165) is 6.07 Å². The fraction of sp³-hybridized carbons (Fsp3) is 0.500. The summed E-state index contributed by atoms with van der Waals surface area (Å²) in [5.41, 5.74) is 0.382. The van der Waals surface area contributed by atoms with E-state index in [1.165, 1.54) is 12.1 Å². The third-order valence-electron chi connectivity index (χ3n) is 2.27. The molecule has 0 radical (unpaired) electrons. The molecule has 0 amide bonds. The number of hydrogen-bond acceptors (Lipinski definition) is 3. The van der Waals surface area contributed by atoms with Gasteiger partial charge in [0.05, 0.1) is 17.6 Å². The summed E-state index contributed by atoms with van der Waals surface area (Å²) >= 11 is 0. The molecule has 0 aliphatic carbocycles. The maximum absolute atomic E-state index is 12.9. The lowest BCUT2D eigenvalue weighted by atomic mass is 10.2. The molecule has 0 aliphatic heterocycles. The van der Waals surface area contributed by atoms with Crippen LogP contribution in [0.1, 0.15) is 19.4 Å². The van der Waals surface area contributed by atoms with Crippen LogP contribution < -0.4 is 4.72 Å². The highest BCUT2D eigenvalue weighted by Gasteiger charge is 2.16. The van der Waals surface area contributed by atoms with Crippen LogP contribution in [0.5, 0.6) is 0 Å². The average Bonchev–Trinajstić information content (AvgIpc) is 2.23. The number of sulfonamides is 1. The van der Waals surface area contributed by atoms with Crippen LogP contribution in [0.2, 0.25) is 0 Å². The zero-order valence-corrected chi connectivity index (χ0v) is 11.6. The lowest BCUT2D eigenvalue weighted by Crippen LogP contribution is -2.28. The van der Waals surface area contributed by atoms with Gasteiger partial charge in [0, 0.05) is 6.54 Å². The maximum atomic E-state index is 12.9. The van der Waals surface area contributed by atoms with Crippen LogP contribution in [0.4, 0.5) is 4.39 Å². The van der Waals surface area contributed by atoms with E-state index in [-0.39, 0.29) is 17.5 Å². The van der Waals surface area contributed by atoms with E-state index in [1.54, 1.807) is 6.92 Å². The Morgan fingerprint density at radius 3 is 2.61 bits per heavy atom. The summed E-state index contributed by atoms with van der Waals surface area (Å²) in [5, 5.41) is 0. The third kappa shape index (κ3) is 4.36. The summed E-state index contributed by atoms with van der Waals surface area (Å²) in [6, 6.07) is 3.58. The highest BCUT2D eigenvalue weighted by Crippen LogP contribution is 2.15. The first-order valence-electron chi connectivity index (χ1n) is 5.70. The lowest BCUT2D eigenvalue weighted by Gasteiger charge is -2.11. The van der Waals surface area contributed by atoms with Crippen molar-refractivity contribution in [3.05, 3.63) is 29.6 Å². The van der Waals surface area contributed by atoms with Gasteiger partial charge in [-0.1, -0.05) is 0 Å². The van der Waals surface area contributed by atoms with Gasteiger partial charge >= 0.3 is 0 Å². The van der Waals surface area contributed by atoms with Gasteiger partial charge in [-0.3, -0.25) is 0 Å². The van der Waals surface area contributed by atoms with Crippen molar-refractivity contribution < 1.29 is 17.5 Å². The molecule has 0 bridgehead atoms. The number of halogens is 1. The van der Waals surface area contributed by atoms with Gasteiger partial charge < -0.3 is 4.74 Å². The van der Waals surface area contributed by atoms with Crippen molar-refractivity contribution in [3.8, 4) is 0 Å².